The van der Waals surface area contributed by atoms with E-state index >= 15 is 0 Å². The molecule has 5 aromatic rings. The molecule has 2 aromatic carbocycles. The highest BCUT2D eigenvalue weighted by Crippen LogP contribution is 2.37. The average molecular weight is 499 g/mol. The van der Waals surface area contributed by atoms with E-state index in [9.17, 15) is 4.79 Å². The van der Waals surface area contributed by atoms with Gasteiger partial charge < -0.3 is 29.5 Å². The number of aromatic nitrogens is 4. The van der Waals surface area contributed by atoms with Crippen LogP contribution in [0.3, 0.4) is 0 Å². The maximum absolute atomic E-state index is 12.0. The predicted octanol–water partition coefficient (Wildman–Crippen LogP) is 4.65. The fraction of sp³-hybridized carbons (Fsp3) is 0.259. The van der Waals surface area contributed by atoms with Crippen LogP contribution in [-0.4, -0.2) is 52.2 Å². The molecule has 3 N–H and O–H groups in total. The second kappa shape index (κ2) is 9.21. The third-order valence-corrected chi connectivity index (χ3v) is 6.43. The van der Waals surface area contributed by atoms with Crippen molar-refractivity contribution in [1.29, 1.82) is 0 Å². The number of carbonyl (C=O) groups is 1. The Morgan fingerprint density at radius 3 is 2.81 bits per heavy atom. The number of oxazole rings is 1. The summed E-state index contributed by atoms with van der Waals surface area (Å²) in [6.07, 6.45) is 2.59. The third kappa shape index (κ3) is 4.36. The molecule has 4 heterocycles. The van der Waals surface area contributed by atoms with E-state index in [4.69, 9.17) is 23.9 Å². The summed E-state index contributed by atoms with van der Waals surface area (Å²) < 4.78 is 17.6. The first-order chi connectivity index (χ1) is 18.0. The summed E-state index contributed by atoms with van der Waals surface area (Å²) >= 11 is 0. The number of nitrogens with one attached hydrogen (secondary N) is 3. The number of benzene rings is 2. The fourth-order valence-electron chi connectivity index (χ4n) is 4.55. The Hall–Kier alpha value is -4.44. The molecule has 0 radical (unpaired) electrons. The zero-order valence-electron chi connectivity index (χ0n) is 20.7. The normalized spacial score (nSPS) is 15.4. The number of amides is 1. The molecule has 1 fully saturated rings. The molecule has 10 nitrogen and oxygen atoms in total. The molecule has 3 aromatic heterocycles. The maximum atomic E-state index is 12.0. The van der Waals surface area contributed by atoms with Crippen molar-refractivity contribution in [3.05, 3.63) is 59.6 Å². The molecule has 1 saturated heterocycles. The first kappa shape index (κ1) is 23.0. The van der Waals surface area contributed by atoms with E-state index in [0.29, 0.717) is 47.7 Å². The lowest BCUT2D eigenvalue weighted by Crippen LogP contribution is -2.18. The molecule has 0 spiro atoms. The summed E-state index contributed by atoms with van der Waals surface area (Å²) in [6, 6.07) is 11.3. The molecule has 0 aliphatic carbocycles. The van der Waals surface area contributed by atoms with Gasteiger partial charge in [0, 0.05) is 43.4 Å². The van der Waals surface area contributed by atoms with Crippen LogP contribution in [-0.2, 0) is 4.74 Å². The van der Waals surface area contributed by atoms with Crippen molar-refractivity contribution in [3.63, 3.8) is 0 Å². The van der Waals surface area contributed by atoms with Gasteiger partial charge in [0.2, 0.25) is 11.8 Å². The summed E-state index contributed by atoms with van der Waals surface area (Å²) in [6.45, 7) is 4.92. The Kier molecular flexibility index (Phi) is 5.72. The summed E-state index contributed by atoms with van der Waals surface area (Å²) in [5.74, 6) is 1.33. The van der Waals surface area contributed by atoms with Crippen LogP contribution >= 0.6 is 0 Å². The largest absolute Gasteiger partial charge is 0.471 e. The van der Waals surface area contributed by atoms with Crippen molar-refractivity contribution in [1.82, 2.24) is 25.3 Å². The lowest BCUT2D eigenvalue weighted by molar-refractivity contribution is 0.0963. The highest BCUT2D eigenvalue weighted by molar-refractivity contribution is 5.99. The SMILES string of the molecule is CNC(=O)c1ccc(Nc2nc(OC3CCOC3)c3c(-c4ccc5nc(C)oc5c4)c[nH]c3n2)c(C)c1. The zero-order valence-corrected chi connectivity index (χ0v) is 20.7. The lowest BCUT2D eigenvalue weighted by atomic mass is 10.1. The first-order valence-electron chi connectivity index (χ1n) is 12.1. The molecule has 0 saturated carbocycles. The smallest absolute Gasteiger partial charge is 0.251 e. The number of ether oxygens (including phenoxy) is 2. The van der Waals surface area contributed by atoms with Crippen LogP contribution in [0.2, 0.25) is 0 Å². The highest BCUT2D eigenvalue weighted by atomic mass is 16.5. The molecule has 188 valence electrons. The minimum atomic E-state index is -0.139. The molecule has 1 aliphatic rings. The van der Waals surface area contributed by atoms with Crippen molar-refractivity contribution in [2.45, 2.75) is 26.4 Å². The molecule has 1 amide bonds. The van der Waals surface area contributed by atoms with Gasteiger partial charge in [-0.2, -0.15) is 9.97 Å². The number of nitrogens with zero attached hydrogens (tertiary/aromatic N) is 3. The van der Waals surface area contributed by atoms with E-state index in [0.717, 1.165) is 39.7 Å². The molecule has 6 rings (SSSR count). The van der Waals surface area contributed by atoms with Gasteiger partial charge >= 0.3 is 0 Å². The summed E-state index contributed by atoms with van der Waals surface area (Å²) in [4.78, 5) is 29.2. The van der Waals surface area contributed by atoms with Gasteiger partial charge in [0.25, 0.3) is 5.91 Å². The van der Waals surface area contributed by atoms with Crippen LogP contribution in [0.4, 0.5) is 11.6 Å². The van der Waals surface area contributed by atoms with Crippen molar-refractivity contribution < 1.29 is 18.7 Å². The van der Waals surface area contributed by atoms with Crippen molar-refractivity contribution >= 4 is 39.7 Å². The number of H-pyrrole nitrogens is 1. The van der Waals surface area contributed by atoms with Gasteiger partial charge in [0.05, 0.1) is 18.6 Å². The fourth-order valence-corrected chi connectivity index (χ4v) is 4.55. The van der Waals surface area contributed by atoms with Crippen LogP contribution in [0.5, 0.6) is 5.88 Å². The third-order valence-electron chi connectivity index (χ3n) is 6.43. The van der Waals surface area contributed by atoms with Gasteiger partial charge in [-0.15, -0.1) is 0 Å². The minimum Gasteiger partial charge on any atom is -0.471 e. The number of fused-ring (bicyclic) bond motifs is 2. The average Bonchev–Trinajstić information content (AvgIpc) is 3.63. The first-order valence-corrected chi connectivity index (χ1v) is 12.1. The van der Waals surface area contributed by atoms with Gasteiger partial charge in [-0.1, -0.05) is 6.07 Å². The number of rotatable bonds is 6. The van der Waals surface area contributed by atoms with E-state index in [-0.39, 0.29) is 12.0 Å². The second-order valence-electron chi connectivity index (χ2n) is 9.03. The van der Waals surface area contributed by atoms with Crippen LogP contribution in [0.15, 0.2) is 47.0 Å². The molecule has 37 heavy (non-hydrogen) atoms. The van der Waals surface area contributed by atoms with Gasteiger partial charge in [-0.3, -0.25) is 4.79 Å². The standard InChI is InChI=1S/C27H26N6O4/c1-14-10-17(25(34)28-3)5-6-20(14)31-27-32-24-23(26(33-27)37-18-8-9-35-13-18)19(12-29-24)16-4-7-21-22(11-16)36-15(2)30-21/h4-7,10-12,18H,8-9,13H2,1-3H3,(H,28,34)(H2,29,31,32,33). The van der Waals surface area contributed by atoms with Crippen LogP contribution in [0.25, 0.3) is 33.3 Å². The topological polar surface area (TPSA) is 127 Å². The Bertz CT molecular complexity index is 1630. The maximum Gasteiger partial charge on any atom is 0.251 e. The van der Waals surface area contributed by atoms with Crippen LogP contribution in [0, 0.1) is 13.8 Å². The van der Waals surface area contributed by atoms with E-state index in [1.807, 2.05) is 50.4 Å². The Morgan fingerprint density at radius 1 is 1.14 bits per heavy atom. The number of hydrogen-bond acceptors (Lipinski definition) is 8. The van der Waals surface area contributed by atoms with Gasteiger partial charge in [-0.25, -0.2) is 4.98 Å². The Labute approximate surface area is 212 Å². The lowest BCUT2D eigenvalue weighted by Gasteiger charge is -2.15. The molecular formula is C27H26N6O4. The van der Waals surface area contributed by atoms with E-state index in [1.54, 1.807) is 13.1 Å². The molecule has 10 heteroatoms. The second-order valence-corrected chi connectivity index (χ2v) is 9.03. The molecule has 1 aliphatic heterocycles. The Balaban J connectivity index is 1.41. The highest BCUT2D eigenvalue weighted by Gasteiger charge is 2.23. The zero-order chi connectivity index (χ0) is 25.5. The summed E-state index contributed by atoms with van der Waals surface area (Å²) in [7, 11) is 1.61. The number of aryl methyl sites for hydroxylation is 2. The van der Waals surface area contributed by atoms with Crippen LogP contribution < -0.4 is 15.4 Å². The number of aromatic amines is 1. The van der Waals surface area contributed by atoms with E-state index < -0.39 is 0 Å². The van der Waals surface area contributed by atoms with Gasteiger partial charge in [-0.05, 0) is 48.4 Å². The molecule has 0 bridgehead atoms. The van der Waals surface area contributed by atoms with Crippen molar-refractivity contribution in [2.75, 3.05) is 25.6 Å². The molecular weight excluding hydrogens is 472 g/mol. The van der Waals surface area contributed by atoms with Crippen molar-refractivity contribution in [3.8, 4) is 17.0 Å². The number of hydrogen-bond donors (Lipinski definition) is 3. The summed E-state index contributed by atoms with van der Waals surface area (Å²) in [5, 5.41) is 6.70. The van der Waals surface area contributed by atoms with E-state index in [2.05, 4.69) is 20.6 Å². The number of anilines is 2. The van der Waals surface area contributed by atoms with Gasteiger partial charge in [0.15, 0.2) is 11.5 Å². The summed E-state index contributed by atoms with van der Waals surface area (Å²) in [5.41, 5.74) is 6.26. The van der Waals surface area contributed by atoms with Crippen molar-refractivity contribution in [2.24, 2.45) is 0 Å². The Morgan fingerprint density at radius 2 is 2.03 bits per heavy atom. The minimum absolute atomic E-state index is 0.0957. The quantitative estimate of drug-likeness (QED) is 0.309. The van der Waals surface area contributed by atoms with E-state index in [1.165, 1.54) is 0 Å². The monoisotopic (exact) mass is 498 g/mol. The van der Waals surface area contributed by atoms with Crippen LogP contribution in [0.1, 0.15) is 28.2 Å². The predicted molar refractivity (Wildman–Crippen MR) is 139 cm³/mol. The molecule has 1 atom stereocenters. The molecule has 1 unspecified atom stereocenters. The van der Waals surface area contributed by atoms with Gasteiger partial charge in [0.1, 0.15) is 17.3 Å². The number of carbonyl (C=O) groups excluding carboxylic acids is 1.